The summed E-state index contributed by atoms with van der Waals surface area (Å²) in [4.78, 5) is 4.13. The van der Waals surface area contributed by atoms with Crippen molar-refractivity contribution in [3.05, 3.63) is 17.7 Å². The molecule has 3 rings (SSSR count). The lowest BCUT2D eigenvalue weighted by Gasteiger charge is -2.11. The van der Waals surface area contributed by atoms with Crippen LogP contribution in [0.2, 0.25) is 0 Å². The SMILES string of the molecule is NC(=NCc1cc2c(cc1OC(F)F)OCO2)NC1CC1. The fraction of sp³-hybridized carbons (Fsp3) is 0.462. The molecule has 0 aromatic heterocycles. The normalized spacial score (nSPS) is 17.2. The molecule has 21 heavy (non-hydrogen) atoms. The fourth-order valence-corrected chi connectivity index (χ4v) is 1.95. The molecule has 0 radical (unpaired) electrons. The van der Waals surface area contributed by atoms with Gasteiger partial charge >= 0.3 is 6.61 Å². The third-order valence-corrected chi connectivity index (χ3v) is 3.12. The first-order valence-electron chi connectivity index (χ1n) is 6.55. The van der Waals surface area contributed by atoms with E-state index in [1.54, 1.807) is 6.07 Å². The Kier molecular flexibility index (Phi) is 3.68. The lowest BCUT2D eigenvalue weighted by atomic mass is 10.1. The van der Waals surface area contributed by atoms with Crippen molar-refractivity contribution >= 4 is 5.96 Å². The van der Waals surface area contributed by atoms with E-state index in [9.17, 15) is 8.78 Å². The zero-order valence-electron chi connectivity index (χ0n) is 11.1. The molecule has 0 amide bonds. The molecule has 1 heterocycles. The zero-order chi connectivity index (χ0) is 14.8. The summed E-state index contributed by atoms with van der Waals surface area (Å²) in [7, 11) is 0. The Bertz CT molecular complexity index is 562. The van der Waals surface area contributed by atoms with E-state index in [0.29, 0.717) is 23.1 Å². The molecule has 1 aliphatic heterocycles. The van der Waals surface area contributed by atoms with E-state index in [1.165, 1.54) is 6.07 Å². The summed E-state index contributed by atoms with van der Waals surface area (Å²) in [5, 5.41) is 3.02. The van der Waals surface area contributed by atoms with Crippen molar-refractivity contribution in [2.75, 3.05) is 6.79 Å². The van der Waals surface area contributed by atoms with Crippen LogP contribution in [0.5, 0.6) is 17.2 Å². The van der Waals surface area contributed by atoms with E-state index in [2.05, 4.69) is 15.0 Å². The number of rotatable bonds is 5. The summed E-state index contributed by atoms with van der Waals surface area (Å²) in [6, 6.07) is 3.33. The third kappa shape index (κ3) is 3.45. The highest BCUT2D eigenvalue weighted by Crippen LogP contribution is 2.39. The van der Waals surface area contributed by atoms with Crippen LogP contribution in [0.1, 0.15) is 18.4 Å². The largest absolute Gasteiger partial charge is 0.454 e. The van der Waals surface area contributed by atoms with Gasteiger partial charge in [0.1, 0.15) is 5.75 Å². The maximum absolute atomic E-state index is 12.5. The van der Waals surface area contributed by atoms with Gasteiger partial charge in [0.05, 0.1) is 6.54 Å². The van der Waals surface area contributed by atoms with Gasteiger partial charge in [-0.1, -0.05) is 0 Å². The van der Waals surface area contributed by atoms with Gasteiger partial charge in [0.25, 0.3) is 0 Å². The first-order valence-corrected chi connectivity index (χ1v) is 6.55. The van der Waals surface area contributed by atoms with Crippen LogP contribution in [0.4, 0.5) is 8.78 Å². The van der Waals surface area contributed by atoms with E-state index >= 15 is 0 Å². The van der Waals surface area contributed by atoms with Crippen LogP contribution in [0.25, 0.3) is 0 Å². The van der Waals surface area contributed by atoms with Gasteiger partial charge in [-0.3, -0.25) is 0 Å². The summed E-state index contributed by atoms with van der Waals surface area (Å²) in [5.41, 5.74) is 6.18. The number of nitrogens with two attached hydrogens (primary N) is 1. The van der Waals surface area contributed by atoms with E-state index in [4.69, 9.17) is 15.2 Å². The minimum absolute atomic E-state index is 0.0113. The maximum atomic E-state index is 12.5. The molecule has 1 aliphatic carbocycles. The number of halogens is 2. The Labute approximate surface area is 119 Å². The number of fused-ring (bicyclic) bond motifs is 1. The molecule has 3 N–H and O–H groups in total. The lowest BCUT2D eigenvalue weighted by Crippen LogP contribution is -2.33. The molecular formula is C13H15F2N3O3. The molecule has 1 fully saturated rings. The monoisotopic (exact) mass is 299 g/mol. The standard InChI is InChI=1S/C13H15F2N3O3/c14-12(15)21-9-4-11-10(19-6-20-11)3-7(9)5-17-13(16)18-8-1-2-8/h3-4,8,12H,1-2,5-6H2,(H3,16,17,18). The maximum Gasteiger partial charge on any atom is 0.387 e. The molecular weight excluding hydrogens is 284 g/mol. The van der Waals surface area contributed by atoms with Gasteiger partial charge in [-0.15, -0.1) is 0 Å². The summed E-state index contributed by atoms with van der Waals surface area (Å²) in [6.45, 7) is -2.75. The van der Waals surface area contributed by atoms with Crippen molar-refractivity contribution in [2.24, 2.45) is 10.7 Å². The highest BCUT2D eigenvalue weighted by Gasteiger charge is 2.22. The number of guanidine groups is 1. The zero-order valence-corrected chi connectivity index (χ0v) is 11.1. The Morgan fingerprint density at radius 3 is 2.76 bits per heavy atom. The number of hydrogen-bond donors (Lipinski definition) is 2. The molecule has 1 aromatic carbocycles. The van der Waals surface area contributed by atoms with Crippen LogP contribution in [0.15, 0.2) is 17.1 Å². The van der Waals surface area contributed by atoms with Crippen LogP contribution in [0, 0.1) is 0 Å². The number of nitrogens with zero attached hydrogens (tertiary/aromatic N) is 1. The Morgan fingerprint density at radius 2 is 2.10 bits per heavy atom. The second-order valence-electron chi connectivity index (χ2n) is 4.81. The quantitative estimate of drug-likeness (QED) is 0.637. The number of ether oxygens (including phenoxy) is 3. The van der Waals surface area contributed by atoms with E-state index in [-0.39, 0.29) is 25.0 Å². The van der Waals surface area contributed by atoms with E-state index in [0.717, 1.165) is 12.8 Å². The molecule has 1 saturated carbocycles. The number of hydrogen-bond acceptors (Lipinski definition) is 4. The molecule has 0 atom stereocenters. The summed E-state index contributed by atoms with van der Waals surface area (Å²) in [5.74, 6) is 1.16. The number of benzene rings is 1. The highest BCUT2D eigenvalue weighted by atomic mass is 19.3. The minimum Gasteiger partial charge on any atom is -0.454 e. The average Bonchev–Trinajstić information content (AvgIpc) is 3.11. The Morgan fingerprint density at radius 1 is 1.38 bits per heavy atom. The van der Waals surface area contributed by atoms with Crippen molar-refractivity contribution in [1.29, 1.82) is 0 Å². The Hall–Kier alpha value is -2.25. The van der Waals surface area contributed by atoms with Gasteiger partial charge in [0.2, 0.25) is 6.79 Å². The second-order valence-corrected chi connectivity index (χ2v) is 4.81. The first kappa shape index (κ1) is 13.7. The lowest BCUT2D eigenvalue weighted by molar-refractivity contribution is -0.0504. The van der Waals surface area contributed by atoms with Crippen LogP contribution in [-0.4, -0.2) is 25.4 Å². The van der Waals surface area contributed by atoms with Gasteiger partial charge in [-0.05, 0) is 18.9 Å². The molecule has 0 unspecified atom stereocenters. The fourth-order valence-electron chi connectivity index (χ4n) is 1.95. The van der Waals surface area contributed by atoms with Crippen molar-refractivity contribution in [1.82, 2.24) is 5.32 Å². The van der Waals surface area contributed by atoms with E-state index < -0.39 is 6.61 Å². The van der Waals surface area contributed by atoms with Crippen molar-refractivity contribution in [3.8, 4) is 17.2 Å². The molecule has 8 heteroatoms. The molecule has 1 aromatic rings. The second kappa shape index (κ2) is 5.63. The molecule has 0 saturated heterocycles. The number of aliphatic imine (C=N–C) groups is 1. The number of alkyl halides is 2. The summed E-state index contributed by atoms with van der Waals surface area (Å²) >= 11 is 0. The predicted molar refractivity (Wildman–Crippen MR) is 70.7 cm³/mol. The van der Waals surface area contributed by atoms with Crippen molar-refractivity contribution in [3.63, 3.8) is 0 Å². The molecule has 114 valence electrons. The topological polar surface area (TPSA) is 78.1 Å². The van der Waals surface area contributed by atoms with Crippen molar-refractivity contribution < 1.29 is 23.0 Å². The van der Waals surface area contributed by atoms with Crippen LogP contribution in [0.3, 0.4) is 0 Å². The van der Waals surface area contributed by atoms with Crippen LogP contribution < -0.4 is 25.3 Å². The van der Waals surface area contributed by atoms with Gasteiger partial charge in [0.15, 0.2) is 17.5 Å². The van der Waals surface area contributed by atoms with Crippen molar-refractivity contribution in [2.45, 2.75) is 32.0 Å². The third-order valence-electron chi connectivity index (χ3n) is 3.12. The average molecular weight is 299 g/mol. The van der Waals surface area contributed by atoms with Crippen LogP contribution >= 0.6 is 0 Å². The minimum atomic E-state index is -2.92. The van der Waals surface area contributed by atoms with Gasteiger partial charge in [-0.2, -0.15) is 8.78 Å². The van der Waals surface area contributed by atoms with Gasteiger partial charge < -0.3 is 25.3 Å². The highest BCUT2D eigenvalue weighted by molar-refractivity contribution is 5.78. The molecule has 6 nitrogen and oxygen atoms in total. The smallest absolute Gasteiger partial charge is 0.387 e. The molecule has 0 spiro atoms. The summed E-state index contributed by atoms with van der Waals surface area (Å²) < 4.78 is 39.8. The first-order chi connectivity index (χ1) is 10.1. The molecule has 0 bridgehead atoms. The van der Waals surface area contributed by atoms with Gasteiger partial charge in [-0.25, -0.2) is 4.99 Å². The van der Waals surface area contributed by atoms with Crippen LogP contribution in [-0.2, 0) is 6.54 Å². The predicted octanol–water partition coefficient (Wildman–Crippen LogP) is 1.58. The van der Waals surface area contributed by atoms with Gasteiger partial charge in [0, 0.05) is 17.7 Å². The number of nitrogens with one attached hydrogen (secondary N) is 1. The van der Waals surface area contributed by atoms with E-state index in [1.807, 2.05) is 0 Å². The summed E-state index contributed by atoms with van der Waals surface area (Å²) in [6.07, 6.45) is 2.14. The molecule has 2 aliphatic rings. The Balaban J connectivity index is 1.77.